The van der Waals surface area contributed by atoms with Gasteiger partial charge in [-0.15, -0.1) is 0 Å². The molecule has 3 rings (SSSR count). The number of aromatic nitrogens is 2. The molecular formula is C20H25N3O4. The van der Waals surface area contributed by atoms with Gasteiger partial charge >= 0.3 is 5.97 Å². The van der Waals surface area contributed by atoms with Crippen LogP contribution in [0.2, 0.25) is 0 Å². The van der Waals surface area contributed by atoms with Crippen LogP contribution in [0, 0.1) is 6.92 Å². The quantitative estimate of drug-likeness (QED) is 0.814. The van der Waals surface area contributed by atoms with Gasteiger partial charge in [-0.2, -0.15) is 5.10 Å². The number of nitrogens with zero attached hydrogens (tertiary/aromatic N) is 2. The molecule has 7 nitrogen and oxygen atoms in total. The minimum absolute atomic E-state index is 0.199. The number of benzene rings is 1. The van der Waals surface area contributed by atoms with Gasteiger partial charge in [-0.25, -0.2) is 4.79 Å². The van der Waals surface area contributed by atoms with Gasteiger partial charge in [0.15, 0.2) is 5.54 Å². The van der Waals surface area contributed by atoms with E-state index < -0.39 is 17.4 Å². The lowest BCUT2D eigenvalue weighted by atomic mass is 9.87. The summed E-state index contributed by atoms with van der Waals surface area (Å²) in [4.78, 5) is 25.1. The average Bonchev–Trinajstić information content (AvgIpc) is 3.08. The highest BCUT2D eigenvalue weighted by Gasteiger charge is 2.41. The van der Waals surface area contributed by atoms with Gasteiger partial charge in [-0.1, -0.05) is 37.3 Å². The van der Waals surface area contributed by atoms with Crippen LogP contribution in [0.4, 0.5) is 0 Å². The number of carbonyl (C=O) groups is 2. The van der Waals surface area contributed by atoms with Crippen molar-refractivity contribution < 1.29 is 19.4 Å². The van der Waals surface area contributed by atoms with Crippen LogP contribution in [-0.2, 0) is 15.1 Å². The number of carbonyl (C=O) groups excluding carboxylic acids is 1. The maximum absolute atomic E-state index is 13.0. The Morgan fingerprint density at radius 3 is 2.56 bits per heavy atom. The first-order valence-corrected chi connectivity index (χ1v) is 9.23. The van der Waals surface area contributed by atoms with Gasteiger partial charge in [-0.3, -0.25) is 9.48 Å². The summed E-state index contributed by atoms with van der Waals surface area (Å²) in [6, 6.07) is 8.99. The zero-order valence-corrected chi connectivity index (χ0v) is 15.6. The van der Waals surface area contributed by atoms with Crippen molar-refractivity contribution in [2.24, 2.45) is 0 Å². The van der Waals surface area contributed by atoms with Crippen molar-refractivity contribution in [1.29, 1.82) is 0 Å². The molecule has 2 aromatic rings. The molecule has 1 aromatic carbocycles. The van der Waals surface area contributed by atoms with Crippen molar-refractivity contribution in [3.05, 3.63) is 53.3 Å². The van der Waals surface area contributed by atoms with Gasteiger partial charge in [0.05, 0.1) is 17.8 Å². The van der Waals surface area contributed by atoms with E-state index in [9.17, 15) is 14.7 Å². The fraction of sp³-hybridized carbons (Fsp3) is 0.450. The molecule has 0 radical (unpaired) electrons. The Kier molecular flexibility index (Phi) is 5.60. The molecule has 1 amide bonds. The van der Waals surface area contributed by atoms with Gasteiger partial charge in [0.1, 0.15) is 0 Å². The second-order valence-corrected chi connectivity index (χ2v) is 6.82. The third kappa shape index (κ3) is 3.60. The number of amides is 1. The normalized spacial score (nSPS) is 17.3. The summed E-state index contributed by atoms with van der Waals surface area (Å²) in [5.74, 6) is -1.52. The molecule has 0 saturated carbocycles. The molecule has 2 N–H and O–H groups in total. The lowest BCUT2D eigenvalue weighted by Gasteiger charge is -2.30. The Bertz CT molecular complexity index is 812. The van der Waals surface area contributed by atoms with Crippen molar-refractivity contribution in [2.75, 3.05) is 13.2 Å². The molecule has 1 atom stereocenters. The highest BCUT2D eigenvalue weighted by Crippen LogP contribution is 2.27. The zero-order chi connectivity index (χ0) is 19.4. The number of carboxylic acid groups (broad SMARTS) is 1. The Morgan fingerprint density at radius 2 is 1.96 bits per heavy atom. The van der Waals surface area contributed by atoms with Crippen LogP contribution >= 0.6 is 0 Å². The lowest BCUT2D eigenvalue weighted by Crippen LogP contribution is -2.51. The van der Waals surface area contributed by atoms with E-state index in [2.05, 4.69) is 10.4 Å². The van der Waals surface area contributed by atoms with Crippen molar-refractivity contribution in [3.8, 4) is 0 Å². The summed E-state index contributed by atoms with van der Waals surface area (Å²) in [5, 5.41) is 17.0. The number of rotatable bonds is 6. The number of nitrogens with one attached hydrogen (secondary N) is 1. The van der Waals surface area contributed by atoms with Gasteiger partial charge in [-0.05, 0) is 31.7 Å². The fourth-order valence-corrected chi connectivity index (χ4v) is 3.62. The van der Waals surface area contributed by atoms with Crippen LogP contribution in [0.25, 0.3) is 0 Å². The largest absolute Gasteiger partial charge is 0.479 e. The van der Waals surface area contributed by atoms with E-state index in [0.29, 0.717) is 24.3 Å². The van der Waals surface area contributed by atoms with Crippen LogP contribution < -0.4 is 5.32 Å². The fourth-order valence-electron chi connectivity index (χ4n) is 3.62. The third-order valence-electron chi connectivity index (χ3n) is 5.31. The Hall–Kier alpha value is -2.67. The lowest BCUT2D eigenvalue weighted by molar-refractivity contribution is -0.145. The van der Waals surface area contributed by atoms with Crippen molar-refractivity contribution in [3.63, 3.8) is 0 Å². The Labute approximate surface area is 158 Å². The topological polar surface area (TPSA) is 93.5 Å². The predicted octanol–water partition coefficient (Wildman–Crippen LogP) is 2.66. The molecule has 1 aromatic heterocycles. The minimum Gasteiger partial charge on any atom is -0.479 e. The number of hydrogen-bond donors (Lipinski definition) is 2. The second-order valence-electron chi connectivity index (χ2n) is 6.82. The van der Waals surface area contributed by atoms with Gasteiger partial charge in [0.2, 0.25) is 0 Å². The van der Waals surface area contributed by atoms with Crippen LogP contribution in [0.3, 0.4) is 0 Å². The van der Waals surface area contributed by atoms with E-state index in [1.807, 2.05) is 17.7 Å². The molecule has 1 aliphatic heterocycles. The maximum atomic E-state index is 13.0. The molecule has 0 bridgehead atoms. The van der Waals surface area contributed by atoms with Crippen LogP contribution in [0.1, 0.15) is 53.8 Å². The van der Waals surface area contributed by atoms with Crippen LogP contribution in [-0.4, -0.2) is 40.0 Å². The van der Waals surface area contributed by atoms with E-state index in [-0.39, 0.29) is 12.5 Å². The molecule has 0 spiro atoms. The molecule has 1 aliphatic rings. The molecule has 7 heteroatoms. The summed E-state index contributed by atoms with van der Waals surface area (Å²) >= 11 is 0. The zero-order valence-electron chi connectivity index (χ0n) is 15.6. The average molecular weight is 371 g/mol. The first-order chi connectivity index (χ1) is 13.0. The van der Waals surface area contributed by atoms with Crippen molar-refractivity contribution >= 4 is 11.9 Å². The number of ether oxygens (including phenoxy) is 1. The summed E-state index contributed by atoms with van der Waals surface area (Å²) in [5.41, 5.74) is 0.202. The highest BCUT2D eigenvalue weighted by molar-refractivity contribution is 5.98. The molecule has 27 heavy (non-hydrogen) atoms. The van der Waals surface area contributed by atoms with E-state index in [1.165, 1.54) is 6.20 Å². The molecule has 2 heterocycles. The van der Waals surface area contributed by atoms with E-state index in [1.54, 1.807) is 31.2 Å². The number of hydrogen-bond acceptors (Lipinski definition) is 4. The summed E-state index contributed by atoms with van der Waals surface area (Å²) in [7, 11) is 0. The Balaban J connectivity index is 1.89. The smallest absolute Gasteiger partial charge is 0.334 e. The molecule has 0 aliphatic carbocycles. The van der Waals surface area contributed by atoms with E-state index in [0.717, 1.165) is 18.5 Å². The van der Waals surface area contributed by atoms with Gasteiger partial charge in [0.25, 0.3) is 5.91 Å². The van der Waals surface area contributed by atoms with Crippen LogP contribution in [0.5, 0.6) is 0 Å². The molecule has 144 valence electrons. The van der Waals surface area contributed by atoms with Crippen molar-refractivity contribution in [1.82, 2.24) is 15.1 Å². The van der Waals surface area contributed by atoms with Crippen molar-refractivity contribution in [2.45, 2.75) is 44.7 Å². The monoisotopic (exact) mass is 371 g/mol. The number of aliphatic carboxylic acids is 1. The van der Waals surface area contributed by atoms with Gasteiger partial charge < -0.3 is 15.2 Å². The SMILES string of the molecule is CCC(NC(=O)c1cnn(C2CCOCC2)c1C)(C(=O)O)c1ccccc1. The summed E-state index contributed by atoms with van der Waals surface area (Å²) in [6.45, 7) is 4.95. The third-order valence-corrected chi connectivity index (χ3v) is 5.31. The minimum atomic E-state index is -1.48. The Morgan fingerprint density at radius 1 is 1.30 bits per heavy atom. The molecule has 1 fully saturated rings. The maximum Gasteiger partial charge on any atom is 0.334 e. The number of carboxylic acids is 1. The molecule has 1 unspecified atom stereocenters. The first-order valence-electron chi connectivity index (χ1n) is 9.23. The van der Waals surface area contributed by atoms with Crippen LogP contribution in [0.15, 0.2) is 36.5 Å². The predicted molar refractivity (Wildman–Crippen MR) is 99.6 cm³/mol. The highest BCUT2D eigenvalue weighted by atomic mass is 16.5. The first kappa shape index (κ1) is 19.1. The molecule has 1 saturated heterocycles. The van der Waals surface area contributed by atoms with E-state index >= 15 is 0 Å². The van der Waals surface area contributed by atoms with Gasteiger partial charge in [0, 0.05) is 18.9 Å². The summed E-state index contributed by atoms with van der Waals surface area (Å²) < 4.78 is 7.24. The van der Waals surface area contributed by atoms with E-state index in [4.69, 9.17) is 4.74 Å². The second kappa shape index (κ2) is 7.92. The molecular weight excluding hydrogens is 346 g/mol. The standard InChI is InChI=1S/C20H25N3O4/c1-3-20(19(25)26,15-7-5-4-6-8-15)22-18(24)17-13-21-23(14(17)2)16-9-11-27-12-10-16/h4-8,13,16H,3,9-12H2,1-2H3,(H,22,24)(H,25,26). The summed E-state index contributed by atoms with van der Waals surface area (Å²) in [6.07, 6.45) is 3.45.